The lowest BCUT2D eigenvalue weighted by Crippen LogP contribution is -2.08. The van der Waals surface area contributed by atoms with Crippen molar-refractivity contribution in [2.75, 3.05) is 7.11 Å². The van der Waals surface area contributed by atoms with Crippen LogP contribution >= 0.6 is 0 Å². The van der Waals surface area contributed by atoms with Crippen LogP contribution in [-0.2, 0) is 6.18 Å². The summed E-state index contributed by atoms with van der Waals surface area (Å²) in [4.78, 5) is 12.4. The minimum absolute atomic E-state index is 0.159. The molecule has 0 aliphatic carbocycles. The Balaban J connectivity index is 2.47. The van der Waals surface area contributed by atoms with Crippen molar-refractivity contribution in [2.45, 2.75) is 6.18 Å². The van der Waals surface area contributed by atoms with Crippen LogP contribution in [0, 0.1) is 11.3 Å². The molecule has 0 aliphatic heterocycles. The molecule has 3 nitrogen and oxygen atoms in total. The summed E-state index contributed by atoms with van der Waals surface area (Å²) in [7, 11) is 1.42. The molecule has 122 valence electrons. The standard InChI is InChI=1S/C18H12F3NO2/c1-24-15-7-4-6-13(10-15)17(23)14(11-22)9-12-5-2-3-8-16(12)18(19,20)21/h2-10H,1H3/b14-9+. The zero-order valence-corrected chi connectivity index (χ0v) is 12.6. The Morgan fingerprint density at radius 1 is 1.17 bits per heavy atom. The minimum Gasteiger partial charge on any atom is -0.497 e. The second-order valence-electron chi connectivity index (χ2n) is 4.82. The highest BCUT2D eigenvalue weighted by Gasteiger charge is 2.32. The van der Waals surface area contributed by atoms with Gasteiger partial charge in [0.15, 0.2) is 0 Å². The van der Waals surface area contributed by atoms with E-state index in [0.717, 1.165) is 12.1 Å². The third-order valence-electron chi connectivity index (χ3n) is 3.26. The van der Waals surface area contributed by atoms with Crippen molar-refractivity contribution < 1.29 is 22.7 Å². The molecule has 2 aromatic rings. The maximum absolute atomic E-state index is 13.0. The van der Waals surface area contributed by atoms with Gasteiger partial charge in [0.05, 0.1) is 12.7 Å². The van der Waals surface area contributed by atoms with Gasteiger partial charge in [-0.3, -0.25) is 4.79 Å². The maximum atomic E-state index is 13.0. The number of carbonyl (C=O) groups excluding carboxylic acids is 1. The Morgan fingerprint density at radius 3 is 2.50 bits per heavy atom. The van der Waals surface area contributed by atoms with Crippen molar-refractivity contribution in [2.24, 2.45) is 0 Å². The van der Waals surface area contributed by atoms with Crippen LogP contribution < -0.4 is 4.74 Å². The van der Waals surface area contributed by atoms with E-state index in [4.69, 9.17) is 4.74 Å². The molecule has 2 aromatic carbocycles. The van der Waals surface area contributed by atoms with Gasteiger partial charge in [-0.1, -0.05) is 30.3 Å². The molecule has 0 aromatic heterocycles. The van der Waals surface area contributed by atoms with Crippen molar-refractivity contribution in [3.63, 3.8) is 0 Å². The molecule has 0 unspecified atom stereocenters. The topological polar surface area (TPSA) is 50.1 Å². The van der Waals surface area contributed by atoms with E-state index >= 15 is 0 Å². The quantitative estimate of drug-likeness (QED) is 0.471. The predicted molar refractivity (Wildman–Crippen MR) is 82.4 cm³/mol. The molecule has 0 spiro atoms. The first-order chi connectivity index (χ1) is 11.4. The van der Waals surface area contributed by atoms with Crippen molar-refractivity contribution in [3.05, 3.63) is 70.8 Å². The number of rotatable bonds is 4. The summed E-state index contributed by atoms with van der Waals surface area (Å²) in [6.45, 7) is 0. The van der Waals surface area contributed by atoms with Gasteiger partial charge in [0.2, 0.25) is 5.78 Å². The van der Waals surface area contributed by atoms with Gasteiger partial charge in [0.1, 0.15) is 17.4 Å². The third-order valence-corrected chi connectivity index (χ3v) is 3.26. The molecule has 6 heteroatoms. The Morgan fingerprint density at radius 2 is 1.88 bits per heavy atom. The number of hydrogen-bond acceptors (Lipinski definition) is 3. The fraction of sp³-hybridized carbons (Fsp3) is 0.111. The van der Waals surface area contributed by atoms with Gasteiger partial charge in [-0.2, -0.15) is 18.4 Å². The van der Waals surface area contributed by atoms with Crippen molar-refractivity contribution in [1.82, 2.24) is 0 Å². The fourth-order valence-corrected chi connectivity index (χ4v) is 2.10. The number of ketones is 1. The van der Waals surface area contributed by atoms with Gasteiger partial charge in [-0.15, -0.1) is 0 Å². The number of carbonyl (C=O) groups is 1. The highest BCUT2D eigenvalue weighted by atomic mass is 19.4. The first-order valence-electron chi connectivity index (χ1n) is 6.83. The van der Waals surface area contributed by atoms with Crippen LogP contribution in [-0.4, -0.2) is 12.9 Å². The molecular weight excluding hydrogens is 319 g/mol. The molecule has 0 bridgehead atoms. The Kier molecular flexibility index (Phi) is 5.05. The summed E-state index contributed by atoms with van der Waals surface area (Å²) in [5, 5.41) is 9.19. The van der Waals surface area contributed by atoms with E-state index in [-0.39, 0.29) is 16.7 Å². The molecule has 0 radical (unpaired) electrons. The summed E-state index contributed by atoms with van der Waals surface area (Å²) in [5.74, 6) is -0.262. The molecule has 0 atom stereocenters. The second kappa shape index (κ2) is 7.01. The second-order valence-corrected chi connectivity index (χ2v) is 4.82. The van der Waals surface area contributed by atoms with Crippen LogP contribution in [0.2, 0.25) is 0 Å². The predicted octanol–water partition coefficient (Wildman–Crippen LogP) is 4.50. The van der Waals surface area contributed by atoms with Gasteiger partial charge >= 0.3 is 6.18 Å². The lowest BCUT2D eigenvalue weighted by molar-refractivity contribution is -0.137. The van der Waals surface area contributed by atoms with Crippen LogP contribution in [0.4, 0.5) is 13.2 Å². The number of halogens is 3. The van der Waals surface area contributed by atoms with Gasteiger partial charge in [-0.25, -0.2) is 0 Å². The van der Waals surface area contributed by atoms with Crippen LogP contribution in [0.25, 0.3) is 6.08 Å². The lowest BCUT2D eigenvalue weighted by atomic mass is 9.99. The molecule has 0 heterocycles. The monoisotopic (exact) mass is 331 g/mol. The molecule has 0 amide bonds. The largest absolute Gasteiger partial charge is 0.497 e. The van der Waals surface area contributed by atoms with E-state index in [2.05, 4.69) is 0 Å². The molecule has 0 aliphatic rings. The van der Waals surface area contributed by atoms with E-state index in [9.17, 15) is 23.2 Å². The van der Waals surface area contributed by atoms with Crippen molar-refractivity contribution in [3.8, 4) is 11.8 Å². The zero-order valence-electron chi connectivity index (χ0n) is 12.6. The SMILES string of the molecule is COc1cccc(C(=O)/C(C#N)=C/c2ccccc2C(F)(F)F)c1. The zero-order chi connectivity index (χ0) is 17.7. The first-order valence-corrected chi connectivity index (χ1v) is 6.83. The molecular formula is C18H12F3NO2. The van der Waals surface area contributed by atoms with Gasteiger partial charge < -0.3 is 4.74 Å². The first kappa shape index (κ1) is 17.3. The smallest absolute Gasteiger partial charge is 0.416 e. The number of hydrogen-bond donors (Lipinski definition) is 0. The van der Waals surface area contributed by atoms with Gasteiger partial charge in [0, 0.05) is 5.56 Å². The number of Topliss-reactive ketones (excluding diaryl/α,β-unsaturated/α-hetero) is 1. The summed E-state index contributed by atoms with van der Waals surface area (Å²) in [5.41, 5.74) is -1.37. The van der Waals surface area contributed by atoms with E-state index in [1.54, 1.807) is 18.2 Å². The highest BCUT2D eigenvalue weighted by molar-refractivity contribution is 6.14. The Bertz CT molecular complexity index is 833. The fourth-order valence-electron chi connectivity index (χ4n) is 2.10. The number of ether oxygens (including phenoxy) is 1. The molecule has 24 heavy (non-hydrogen) atoms. The molecule has 0 saturated heterocycles. The number of nitriles is 1. The third kappa shape index (κ3) is 3.82. The van der Waals surface area contributed by atoms with Crippen molar-refractivity contribution >= 4 is 11.9 Å². The van der Waals surface area contributed by atoms with Gasteiger partial charge in [0.25, 0.3) is 0 Å². The van der Waals surface area contributed by atoms with Crippen LogP contribution in [0.1, 0.15) is 21.5 Å². The van der Waals surface area contributed by atoms with E-state index in [1.165, 1.54) is 37.4 Å². The van der Waals surface area contributed by atoms with E-state index in [0.29, 0.717) is 5.75 Å². The molecule has 2 rings (SSSR count). The normalized spacial score (nSPS) is 11.7. The lowest BCUT2D eigenvalue weighted by Gasteiger charge is -2.10. The average Bonchev–Trinajstić information content (AvgIpc) is 2.58. The number of nitrogens with zero attached hydrogens (tertiary/aromatic N) is 1. The summed E-state index contributed by atoms with van der Waals surface area (Å²) in [6, 6.07) is 12.5. The highest BCUT2D eigenvalue weighted by Crippen LogP contribution is 2.33. The summed E-state index contributed by atoms with van der Waals surface area (Å²) in [6.07, 6.45) is -3.63. The molecule has 0 fully saturated rings. The summed E-state index contributed by atoms with van der Waals surface area (Å²) < 4.78 is 44.0. The Hall–Kier alpha value is -3.07. The van der Waals surface area contributed by atoms with Crippen LogP contribution in [0.3, 0.4) is 0 Å². The maximum Gasteiger partial charge on any atom is 0.416 e. The van der Waals surface area contributed by atoms with E-state index < -0.39 is 17.5 Å². The van der Waals surface area contributed by atoms with E-state index in [1.807, 2.05) is 0 Å². The minimum atomic E-state index is -4.58. The Labute approximate surface area is 136 Å². The number of benzene rings is 2. The average molecular weight is 331 g/mol. The van der Waals surface area contributed by atoms with Gasteiger partial charge in [-0.05, 0) is 29.8 Å². The van der Waals surface area contributed by atoms with Crippen LogP contribution in [0.5, 0.6) is 5.75 Å². The molecule has 0 N–H and O–H groups in total. The number of methoxy groups -OCH3 is 1. The van der Waals surface area contributed by atoms with Crippen molar-refractivity contribution in [1.29, 1.82) is 5.26 Å². The number of allylic oxidation sites excluding steroid dienone is 1. The summed E-state index contributed by atoms with van der Waals surface area (Å²) >= 11 is 0. The van der Waals surface area contributed by atoms with Crippen LogP contribution in [0.15, 0.2) is 54.1 Å². The number of alkyl halides is 3. The molecule has 0 saturated carbocycles.